The van der Waals surface area contributed by atoms with Crippen molar-refractivity contribution in [2.75, 3.05) is 20.8 Å². The Morgan fingerprint density at radius 2 is 1.79 bits per heavy atom. The van der Waals surface area contributed by atoms with Gasteiger partial charge in [0, 0.05) is 5.56 Å². The zero-order valence-electron chi connectivity index (χ0n) is 18.4. The molecule has 0 radical (unpaired) electrons. The fourth-order valence-corrected chi connectivity index (χ4v) is 3.75. The Morgan fingerprint density at radius 3 is 2.52 bits per heavy atom. The first-order chi connectivity index (χ1) is 16.2. The highest BCUT2D eigenvalue weighted by atomic mass is 16.5. The van der Waals surface area contributed by atoms with E-state index in [4.69, 9.17) is 9.47 Å². The molecule has 7 nitrogen and oxygen atoms in total. The van der Waals surface area contributed by atoms with Crippen LogP contribution in [0.2, 0.25) is 0 Å². The predicted molar refractivity (Wildman–Crippen MR) is 128 cm³/mol. The van der Waals surface area contributed by atoms with E-state index in [0.29, 0.717) is 27.9 Å². The van der Waals surface area contributed by atoms with Crippen molar-refractivity contribution in [3.63, 3.8) is 0 Å². The number of aliphatic hydroxyl groups excluding tert-OH is 1. The molecule has 1 aromatic heterocycles. The number of hydrogen-bond acceptors (Lipinski definition) is 5. The maximum Gasteiger partial charge on any atom is 0.255 e. The van der Waals surface area contributed by atoms with Crippen molar-refractivity contribution in [1.82, 2.24) is 15.5 Å². The maximum atomic E-state index is 13.1. The van der Waals surface area contributed by atoms with Gasteiger partial charge in [0.25, 0.3) is 5.91 Å². The summed E-state index contributed by atoms with van der Waals surface area (Å²) in [7, 11) is 3.15. The first-order valence-corrected chi connectivity index (χ1v) is 10.5. The average molecular weight is 444 g/mol. The van der Waals surface area contributed by atoms with E-state index in [-0.39, 0.29) is 12.5 Å². The van der Waals surface area contributed by atoms with Crippen molar-refractivity contribution in [3.05, 3.63) is 89.1 Å². The molecule has 7 heteroatoms. The molecule has 1 atom stereocenters. The minimum atomic E-state index is -0.534. The van der Waals surface area contributed by atoms with Crippen LogP contribution in [0.15, 0.2) is 66.7 Å². The van der Waals surface area contributed by atoms with Gasteiger partial charge in [-0.05, 0) is 35.9 Å². The average Bonchev–Trinajstić information content (AvgIpc) is 3.29. The standard InChI is InChI=1S/C26H25N3O4/c1-32-23-11-7-6-10-18(23)12-14-20-24-21(29-28-20)15-13-19(25(24)33-2)26(31)27-22(16-30)17-8-4-3-5-9-17/h3-15,22,30H,16H2,1-2H3,(H,27,31)(H,28,29)/t22-/m1/s1. The van der Waals surface area contributed by atoms with E-state index < -0.39 is 6.04 Å². The highest BCUT2D eigenvalue weighted by Gasteiger charge is 2.21. The summed E-state index contributed by atoms with van der Waals surface area (Å²) < 4.78 is 11.1. The van der Waals surface area contributed by atoms with E-state index in [2.05, 4.69) is 15.5 Å². The van der Waals surface area contributed by atoms with Gasteiger partial charge in [-0.3, -0.25) is 9.89 Å². The summed E-state index contributed by atoms with van der Waals surface area (Å²) in [6.45, 7) is -0.223. The number of hydrogen-bond donors (Lipinski definition) is 3. The minimum Gasteiger partial charge on any atom is -0.496 e. The van der Waals surface area contributed by atoms with Crippen LogP contribution in [0.5, 0.6) is 11.5 Å². The molecule has 33 heavy (non-hydrogen) atoms. The predicted octanol–water partition coefficient (Wildman–Crippen LogP) is 4.21. The summed E-state index contributed by atoms with van der Waals surface area (Å²) in [5.41, 5.74) is 3.45. The van der Waals surface area contributed by atoms with Crippen molar-refractivity contribution in [2.24, 2.45) is 0 Å². The second-order valence-corrected chi connectivity index (χ2v) is 7.37. The number of para-hydroxylation sites is 1. The number of H-pyrrole nitrogens is 1. The Hall–Kier alpha value is -4.10. The molecular weight excluding hydrogens is 418 g/mol. The van der Waals surface area contributed by atoms with Gasteiger partial charge < -0.3 is 19.9 Å². The first kappa shape index (κ1) is 22.1. The number of aromatic nitrogens is 2. The molecule has 0 aliphatic carbocycles. The van der Waals surface area contributed by atoms with E-state index in [1.54, 1.807) is 19.2 Å². The lowest BCUT2D eigenvalue weighted by molar-refractivity contribution is 0.0913. The van der Waals surface area contributed by atoms with Gasteiger partial charge in [-0.25, -0.2) is 0 Å². The first-order valence-electron chi connectivity index (χ1n) is 10.5. The summed E-state index contributed by atoms with van der Waals surface area (Å²) >= 11 is 0. The number of rotatable bonds is 8. The molecule has 0 aliphatic heterocycles. The highest BCUT2D eigenvalue weighted by Crippen LogP contribution is 2.33. The Labute approximate surface area is 191 Å². The van der Waals surface area contributed by atoms with E-state index in [9.17, 15) is 9.90 Å². The van der Waals surface area contributed by atoms with Gasteiger partial charge in [0.15, 0.2) is 0 Å². The molecular formula is C26H25N3O4. The molecule has 3 N–H and O–H groups in total. The van der Waals surface area contributed by atoms with Gasteiger partial charge in [0.05, 0.1) is 49.0 Å². The van der Waals surface area contributed by atoms with Crippen LogP contribution in [0.25, 0.3) is 23.1 Å². The summed E-state index contributed by atoms with van der Waals surface area (Å²) in [4.78, 5) is 13.1. The van der Waals surface area contributed by atoms with Crippen LogP contribution in [-0.2, 0) is 0 Å². The number of fused-ring (bicyclic) bond motifs is 1. The minimum absolute atomic E-state index is 0.223. The lowest BCUT2D eigenvalue weighted by atomic mass is 10.0. The molecule has 0 saturated carbocycles. The molecule has 1 amide bonds. The number of aromatic amines is 1. The summed E-state index contributed by atoms with van der Waals surface area (Å²) in [6, 6.07) is 19.9. The molecule has 0 aliphatic rings. The second kappa shape index (κ2) is 10.0. The maximum absolute atomic E-state index is 13.1. The van der Waals surface area contributed by atoms with Crippen LogP contribution in [-0.4, -0.2) is 42.0 Å². The Bertz CT molecular complexity index is 1280. The number of ether oxygens (including phenoxy) is 2. The summed E-state index contributed by atoms with van der Waals surface area (Å²) in [5.74, 6) is 0.807. The van der Waals surface area contributed by atoms with Gasteiger partial charge in [0.1, 0.15) is 11.5 Å². The topological polar surface area (TPSA) is 96.5 Å². The Morgan fingerprint density at radius 1 is 1.03 bits per heavy atom. The molecule has 0 unspecified atom stereocenters. The highest BCUT2D eigenvalue weighted by molar-refractivity contribution is 6.05. The molecule has 3 aromatic carbocycles. The number of carbonyl (C=O) groups is 1. The van der Waals surface area contributed by atoms with E-state index in [0.717, 1.165) is 16.9 Å². The number of carbonyl (C=O) groups excluding carboxylic acids is 1. The molecule has 0 fully saturated rings. The molecule has 0 bridgehead atoms. The lowest BCUT2D eigenvalue weighted by Gasteiger charge is -2.18. The number of amides is 1. The third-order valence-electron chi connectivity index (χ3n) is 5.41. The largest absolute Gasteiger partial charge is 0.496 e. The summed E-state index contributed by atoms with van der Waals surface area (Å²) in [5, 5.41) is 20.8. The number of nitrogens with one attached hydrogen (secondary N) is 2. The fraction of sp³-hybridized carbons (Fsp3) is 0.154. The van der Waals surface area contributed by atoms with Crippen LogP contribution in [0, 0.1) is 0 Å². The van der Waals surface area contributed by atoms with Crippen LogP contribution >= 0.6 is 0 Å². The third kappa shape index (κ3) is 4.58. The van der Waals surface area contributed by atoms with Crippen molar-refractivity contribution in [2.45, 2.75) is 6.04 Å². The molecule has 0 saturated heterocycles. The third-order valence-corrected chi connectivity index (χ3v) is 5.41. The quantitative estimate of drug-likeness (QED) is 0.379. The fourth-order valence-electron chi connectivity index (χ4n) is 3.75. The normalized spacial score (nSPS) is 12.1. The summed E-state index contributed by atoms with van der Waals surface area (Å²) in [6.07, 6.45) is 3.78. The molecule has 1 heterocycles. The SMILES string of the molecule is COc1ccccc1C=Cc1[nH]nc2ccc(C(=O)N[C@H](CO)c3ccccc3)c(OC)c12. The molecule has 4 aromatic rings. The van der Waals surface area contributed by atoms with E-state index in [1.807, 2.05) is 66.7 Å². The Balaban J connectivity index is 1.69. The molecule has 0 spiro atoms. The second-order valence-electron chi connectivity index (χ2n) is 7.37. The molecule has 168 valence electrons. The zero-order chi connectivity index (χ0) is 23.2. The van der Waals surface area contributed by atoms with Gasteiger partial charge >= 0.3 is 0 Å². The number of aliphatic hydroxyl groups is 1. The van der Waals surface area contributed by atoms with Crippen molar-refractivity contribution < 1.29 is 19.4 Å². The zero-order valence-corrected chi connectivity index (χ0v) is 18.4. The van der Waals surface area contributed by atoms with Crippen molar-refractivity contribution >= 4 is 29.0 Å². The van der Waals surface area contributed by atoms with Gasteiger partial charge in [0.2, 0.25) is 0 Å². The Kier molecular flexibility index (Phi) is 6.71. The molecule has 4 rings (SSSR count). The van der Waals surface area contributed by atoms with E-state index in [1.165, 1.54) is 7.11 Å². The van der Waals surface area contributed by atoms with Crippen LogP contribution in [0.4, 0.5) is 0 Å². The van der Waals surface area contributed by atoms with Crippen molar-refractivity contribution in [1.29, 1.82) is 0 Å². The van der Waals surface area contributed by atoms with Crippen LogP contribution in [0.3, 0.4) is 0 Å². The number of nitrogens with zero attached hydrogens (tertiary/aromatic N) is 1. The van der Waals surface area contributed by atoms with E-state index >= 15 is 0 Å². The van der Waals surface area contributed by atoms with Gasteiger partial charge in [-0.1, -0.05) is 48.5 Å². The van der Waals surface area contributed by atoms with Crippen LogP contribution < -0.4 is 14.8 Å². The van der Waals surface area contributed by atoms with Gasteiger partial charge in [-0.2, -0.15) is 5.10 Å². The number of benzene rings is 3. The van der Waals surface area contributed by atoms with Gasteiger partial charge in [-0.15, -0.1) is 0 Å². The van der Waals surface area contributed by atoms with Crippen LogP contribution in [0.1, 0.15) is 33.2 Å². The number of methoxy groups -OCH3 is 2. The monoisotopic (exact) mass is 443 g/mol. The smallest absolute Gasteiger partial charge is 0.255 e. The van der Waals surface area contributed by atoms with Crippen molar-refractivity contribution in [3.8, 4) is 11.5 Å². The lowest BCUT2D eigenvalue weighted by Crippen LogP contribution is -2.31.